The van der Waals surface area contributed by atoms with Crippen molar-refractivity contribution in [1.29, 1.82) is 0 Å². The van der Waals surface area contributed by atoms with Crippen LogP contribution in [0.5, 0.6) is 0 Å². The van der Waals surface area contributed by atoms with Crippen molar-refractivity contribution >= 4 is 22.4 Å². The second-order valence-electron chi connectivity index (χ2n) is 6.42. The van der Waals surface area contributed by atoms with Crippen molar-refractivity contribution < 1.29 is 9.50 Å². The van der Waals surface area contributed by atoms with Gasteiger partial charge in [0.2, 0.25) is 0 Å². The topological polar surface area (TPSA) is 58.0 Å². The van der Waals surface area contributed by atoms with E-state index in [9.17, 15) is 9.50 Å². The van der Waals surface area contributed by atoms with Crippen LogP contribution in [0, 0.1) is 12.7 Å². The monoisotopic (exact) mass is 359 g/mol. The number of aromatic nitrogens is 2. The van der Waals surface area contributed by atoms with Gasteiger partial charge in [-0.2, -0.15) is 0 Å². The fourth-order valence-electron chi connectivity index (χ4n) is 3.05. The number of halogens is 1. The van der Waals surface area contributed by atoms with E-state index in [1.807, 2.05) is 31.2 Å². The van der Waals surface area contributed by atoms with E-state index in [2.05, 4.69) is 15.3 Å². The quantitative estimate of drug-likeness (QED) is 0.539. The Bertz CT molecular complexity index is 1130. The standard InChI is InChI=1S/C22H18FN3O/c1-14-2-5-19(23)11-20(14)17-4-3-16-10-22(25-12-18(16)9-17)26-21-8-15(13-27)6-7-24-21/h2-12,27H,13H2,1H3,(H,24,25,26). The Balaban J connectivity index is 1.67. The molecule has 2 N–H and O–H groups in total. The van der Waals surface area contributed by atoms with E-state index in [0.29, 0.717) is 11.6 Å². The maximum atomic E-state index is 13.6. The number of aliphatic hydroxyl groups excluding tert-OH is 1. The van der Waals surface area contributed by atoms with Gasteiger partial charge in [-0.15, -0.1) is 0 Å². The summed E-state index contributed by atoms with van der Waals surface area (Å²) in [6, 6.07) is 16.3. The highest BCUT2D eigenvalue weighted by molar-refractivity contribution is 5.89. The summed E-state index contributed by atoms with van der Waals surface area (Å²) in [6.45, 7) is 1.93. The number of anilines is 2. The van der Waals surface area contributed by atoms with Gasteiger partial charge in [0.15, 0.2) is 0 Å². The molecule has 0 bridgehead atoms. The minimum atomic E-state index is -0.244. The predicted octanol–water partition coefficient (Wildman–Crippen LogP) is 4.98. The number of aryl methyl sites for hydroxylation is 1. The molecule has 27 heavy (non-hydrogen) atoms. The van der Waals surface area contributed by atoms with Gasteiger partial charge >= 0.3 is 0 Å². The molecule has 2 aromatic carbocycles. The zero-order chi connectivity index (χ0) is 18.8. The van der Waals surface area contributed by atoms with E-state index < -0.39 is 0 Å². The number of benzene rings is 2. The zero-order valence-corrected chi connectivity index (χ0v) is 14.8. The van der Waals surface area contributed by atoms with E-state index in [-0.39, 0.29) is 12.4 Å². The molecule has 5 heteroatoms. The molecule has 4 rings (SSSR count). The van der Waals surface area contributed by atoms with Crippen LogP contribution in [-0.4, -0.2) is 15.1 Å². The summed E-state index contributed by atoms with van der Waals surface area (Å²) >= 11 is 0. The Kier molecular flexibility index (Phi) is 4.52. The highest BCUT2D eigenvalue weighted by atomic mass is 19.1. The number of fused-ring (bicyclic) bond motifs is 1. The molecule has 2 aromatic heterocycles. The molecule has 0 saturated heterocycles. The van der Waals surface area contributed by atoms with Crippen LogP contribution in [0.4, 0.5) is 16.0 Å². The van der Waals surface area contributed by atoms with Gasteiger partial charge in [-0.25, -0.2) is 14.4 Å². The Morgan fingerprint density at radius 3 is 2.63 bits per heavy atom. The molecule has 0 atom stereocenters. The van der Waals surface area contributed by atoms with Gasteiger partial charge in [0.05, 0.1) is 6.61 Å². The summed E-state index contributed by atoms with van der Waals surface area (Å²) in [5, 5.41) is 14.4. The first-order valence-corrected chi connectivity index (χ1v) is 8.61. The molecule has 0 aliphatic carbocycles. The summed E-state index contributed by atoms with van der Waals surface area (Å²) < 4.78 is 13.6. The third-order valence-electron chi connectivity index (χ3n) is 4.50. The van der Waals surface area contributed by atoms with Gasteiger partial charge in [0.1, 0.15) is 17.5 Å². The molecule has 0 amide bonds. The van der Waals surface area contributed by atoms with Gasteiger partial charge in [-0.1, -0.05) is 18.2 Å². The SMILES string of the molecule is Cc1ccc(F)cc1-c1ccc2cc(Nc3cc(CO)ccn3)ncc2c1. The summed E-state index contributed by atoms with van der Waals surface area (Å²) in [5.74, 6) is 1.05. The summed E-state index contributed by atoms with van der Waals surface area (Å²) in [6.07, 6.45) is 3.42. The molecule has 0 radical (unpaired) electrons. The molecule has 0 saturated carbocycles. The second kappa shape index (κ2) is 7.13. The normalized spacial score (nSPS) is 10.9. The Morgan fingerprint density at radius 1 is 0.926 bits per heavy atom. The lowest BCUT2D eigenvalue weighted by Gasteiger charge is -2.10. The van der Waals surface area contributed by atoms with Gasteiger partial charge in [0.25, 0.3) is 0 Å². The first kappa shape index (κ1) is 17.1. The van der Waals surface area contributed by atoms with E-state index in [1.165, 1.54) is 6.07 Å². The predicted molar refractivity (Wildman–Crippen MR) is 105 cm³/mol. The summed E-state index contributed by atoms with van der Waals surface area (Å²) in [4.78, 5) is 8.68. The molecule has 4 nitrogen and oxygen atoms in total. The van der Waals surface area contributed by atoms with Crippen LogP contribution < -0.4 is 5.32 Å². The molecule has 0 fully saturated rings. The number of rotatable bonds is 4. The van der Waals surface area contributed by atoms with Crippen molar-refractivity contribution in [1.82, 2.24) is 9.97 Å². The van der Waals surface area contributed by atoms with Crippen molar-refractivity contribution in [2.45, 2.75) is 13.5 Å². The smallest absolute Gasteiger partial charge is 0.132 e. The molecule has 0 unspecified atom stereocenters. The first-order valence-electron chi connectivity index (χ1n) is 8.61. The first-order chi connectivity index (χ1) is 13.1. The minimum Gasteiger partial charge on any atom is -0.392 e. The van der Waals surface area contributed by atoms with Crippen molar-refractivity contribution in [2.75, 3.05) is 5.32 Å². The van der Waals surface area contributed by atoms with Crippen LogP contribution in [0.3, 0.4) is 0 Å². The molecule has 0 spiro atoms. The lowest BCUT2D eigenvalue weighted by Crippen LogP contribution is -1.97. The van der Waals surface area contributed by atoms with Crippen LogP contribution in [0.25, 0.3) is 21.9 Å². The molecular formula is C22H18FN3O. The fourth-order valence-corrected chi connectivity index (χ4v) is 3.05. The van der Waals surface area contributed by atoms with E-state index in [0.717, 1.165) is 33.0 Å². The fraction of sp³-hybridized carbons (Fsp3) is 0.0909. The maximum Gasteiger partial charge on any atom is 0.132 e. The van der Waals surface area contributed by atoms with Crippen LogP contribution in [0.2, 0.25) is 0 Å². The van der Waals surface area contributed by atoms with Crippen LogP contribution in [0.1, 0.15) is 11.1 Å². The lowest BCUT2D eigenvalue weighted by atomic mass is 9.98. The number of aliphatic hydroxyl groups is 1. The number of hydrogen-bond donors (Lipinski definition) is 2. The van der Waals surface area contributed by atoms with E-state index in [4.69, 9.17) is 0 Å². The molecule has 0 aliphatic rings. The number of nitrogens with zero attached hydrogens (tertiary/aromatic N) is 2. The second-order valence-corrected chi connectivity index (χ2v) is 6.42. The van der Waals surface area contributed by atoms with Crippen LogP contribution in [0.15, 0.2) is 67.0 Å². The molecule has 0 aliphatic heterocycles. The van der Waals surface area contributed by atoms with Crippen molar-refractivity contribution in [3.63, 3.8) is 0 Å². The average Bonchev–Trinajstić information content (AvgIpc) is 2.69. The summed E-state index contributed by atoms with van der Waals surface area (Å²) in [7, 11) is 0. The van der Waals surface area contributed by atoms with E-state index in [1.54, 1.807) is 36.7 Å². The number of pyridine rings is 2. The average molecular weight is 359 g/mol. The van der Waals surface area contributed by atoms with Gasteiger partial charge in [-0.05, 0) is 71.0 Å². The third-order valence-corrected chi connectivity index (χ3v) is 4.50. The van der Waals surface area contributed by atoms with Gasteiger partial charge in [-0.3, -0.25) is 0 Å². The largest absolute Gasteiger partial charge is 0.392 e. The molecule has 4 aromatic rings. The number of hydrogen-bond acceptors (Lipinski definition) is 4. The van der Waals surface area contributed by atoms with Crippen LogP contribution in [-0.2, 0) is 6.61 Å². The minimum absolute atomic E-state index is 0.0371. The Morgan fingerprint density at radius 2 is 1.78 bits per heavy atom. The number of nitrogens with one attached hydrogen (secondary N) is 1. The molecule has 134 valence electrons. The van der Waals surface area contributed by atoms with Gasteiger partial charge in [0, 0.05) is 17.8 Å². The Labute approximate surface area is 156 Å². The summed E-state index contributed by atoms with van der Waals surface area (Å²) in [5.41, 5.74) is 3.64. The lowest BCUT2D eigenvalue weighted by molar-refractivity contribution is 0.282. The van der Waals surface area contributed by atoms with Crippen molar-refractivity contribution in [2.24, 2.45) is 0 Å². The molecular weight excluding hydrogens is 341 g/mol. The van der Waals surface area contributed by atoms with Gasteiger partial charge < -0.3 is 10.4 Å². The zero-order valence-electron chi connectivity index (χ0n) is 14.8. The maximum absolute atomic E-state index is 13.6. The van der Waals surface area contributed by atoms with E-state index >= 15 is 0 Å². The molecule has 2 heterocycles. The van der Waals surface area contributed by atoms with Crippen LogP contribution >= 0.6 is 0 Å². The van der Waals surface area contributed by atoms with Crippen molar-refractivity contribution in [3.8, 4) is 11.1 Å². The van der Waals surface area contributed by atoms with Crippen molar-refractivity contribution in [3.05, 3.63) is 83.9 Å². The highest BCUT2D eigenvalue weighted by Gasteiger charge is 2.06. The Hall–Kier alpha value is -3.31. The third kappa shape index (κ3) is 3.64. The highest BCUT2D eigenvalue weighted by Crippen LogP contribution is 2.28.